The Balaban J connectivity index is 2.93. The smallest absolute Gasteiger partial charge is 0.191 e. The fraction of sp³-hybridized carbons (Fsp3) is 0.650. The Labute approximate surface area is 163 Å². The lowest BCUT2D eigenvalue weighted by Crippen LogP contribution is -2.42. The Kier molecular flexibility index (Phi) is 8.72. The molecule has 0 radical (unpaired) electrons. The zero-order valence-electron chi connectivity index (χ0n) is 17.4. The van der Waals surface area contributed by atoms with Gasteiger partial charge in [-0.05, 0) is 47.9 Å². The van der Waals surface area contributed by atoms with Gasteiger partial charge in [0.1, 0.15) is 5.82 Å². The third-order valence-corrected chi connectivity index (χ3v) is 4.87. The second-order valence-corrected chi connectivity index (χ2v) is 10.4. The van der Waals surface area contributed by atoms with Gasteiger partial charge in [-0.3, -0.25) is 0 Å². The minimum Gasteiger partial charge on any atom is -0.357 e. The van der Waals surface area contributed by atoms with Gasteiger partial charge < -0.3 is 10.6 Å². The number of hydrogen-bond acceptors (Lipinski definition) is 3. The highest BCUT2D eigenvalue weighted by molar-refractivity contribution is 7.89. The van der Waals surface area contributed by atoms with Crippen molar-refractivity contribution in [3.8, 4) is 0 Å². The van der Waals surface area contributed by atoms with E-state index in [9.17, 15) is 12.8 Å². The molecule has 0 aliphatic rings. The van der Waals surface area contributed by atoms with Crippen molar-refractivity contribution in [1.82, 2.24) is 10.6 Å². The lowest BCUT2D eigenvalue weighted by Gasteiger charge is -2.28. The number of sulfone groups is 1. The number of guanidine groups is 1. The average Bonchev–Trinajstić information content (AvgIpc) is 2.50. The number of halogens is 1. The zero-order valence-corrected chi connectivity index (χ0v) is 18.2. The van der Waals surface area contributed by atoms with E-state index in [-0.39, 0.29) is 17.7 Å². The van der Waals surface area contributed by atoms with Crippen molar-refractivity contribution < 1.29 is 12.8 Å². The number of benzene rings is 1. The van der Waals surface area contributed by atoms with Crippen LogP contribution in [0.2, 0.25) is 0 Å². The molecule has 0 aliphatic carbocycles. The van der Waals surface area contributed by atoms with Crippen LogP contribution >= 0.6 is 0 Å². The molecule has 5 nitrogen and oxygen atoms in total. The Morgan fingerprint density at radius 2 is 1.89 bits per heavy atom. The predicted molar refractivity (Wildman–Crippen MR) is 111 cm³/mol. The molecular weight excluding hydrogens is 365 g/mol. The van der Waals surface area contributed by atoms with Gasteiger partial charge in [0.05, 0.1) is 12.3 Å². The number of nitrogens with one attached hydrogen (secondary N) is 2. The lowest BCUT2D eigenvalue weighted by atomic mass is 9.84. The third-order valence-electron chi connectivity index (χ3n) is 4.03. The van der Waals surface area contributed by atoms with Gasteiger partial charge >= 0.3 is 0 Å². The molecule has 0 atom stereocenters. The molecule has 2 N–H and O–H groups in total. The quantitative estimate of drug-likeness (QED) is 0.492. The monoisotopic (exact) mass is 399 g/mol. The van der Waals surface area contributed by atoms with Crippen LogP contribution in [-0.4, -0.2) is 33.7 Å². The standard InChI is InChI=1S/C20H34FN3O2S/c1-7-22-19(24-14-20(4,5)11-15(2)3)23-12-17-10-18(21)9-8-16(17)13-27(6,25)26/h8-10,15H,7,11-14H2,1-6H3,(H2,22,23,24). The second kappa shape index (κ2) is 10.1. The summed E-state index contributed by atoms with van der Waals surface area (Å²) in [5, 5.41) is 6.53. The Morgan fingerprint density at radius 3 is 2.44 bits per heavy atom. The van der Waals surface area contributed by atoms with Crippen LogP contribution in [0.4, 0.5) is 4.39 Å². The fourth-order valence-corrected chi connectivity index (χ4v) is 4.02. The predicted octanol–water partition coefficient (Wildman–Crippen LogP) is 3.50. The van der Waals surface area contributed by atoms with Crippen molar-refractivity contribution in [2.45, 2.75) is 53.3 Å². The summed E-state index contributed by atoms with van der Waals surface area (Å²) in [5.41, 5.74) is 1.28. The van der Waals surface area contributed by atoms with Crippen LogP contribution in [0.25, 0.3) is 0 Å². The molecule has 154 valence electrons. The summed E-state index contributed by atoms with van der Waals surface area (Å²) >= 11 is 0. The first-order valence-corrected chi connectivity index (χ1v) is 11.4. The molecule has 1 aromatic rings. The van der Waals surface area contributed by atoms with Crippen LogP contribution in [0.15, 0.2) is 23.2 Å². The molecule has 27 heavy (non-hydrogen) atoms. The maximum Gasteiger partial charge on any atom is 0.191 e. The highest BCUT2D eigenvalue weighted by Crippen LogP contribution is 2.24. The van der Waals surface area contributed by atoms with Crippen LogP contribution in [0, 0.1) is 17.2 Å². The molecule has 0 saturated heterocycles. The van der Waals surface area contributed by atoms with Crippen LogP contribution in [-0.2, 0) is 22.1 Å². The highest BCUT2D eigenvalue weighted by Gasteiger charge is 2.19. The van der Waals surface area contributed by atoms with Gasteiger partial charge in [0.25, 0.3) is 0 Å². The highest BCUT2D eigenvalue weighted by atomic mass is 32.2. The number of aliphatic imine (C=N–C) groups is 1. The SMILES string of the molecule is CCNC(=NCc1cc(F)ccc1CS(C)(=O)=O)NCC(C)(C)CC(C)C. The van der Waals surface area contributed by atoms with Crippen LogP contribution in [0.3, 0.4) is 0 Å². The average molecular weight is 400 g/mol. The molecule has 0 fully saturated rings. The van der Waals surface area contributed by atoms with E-state index in [0.29, 0.717) is 29.5 Å². The number of nitrogens with zero attached hydrogens (tertiary/aromatic N) is 1. The fourth-order valence-electron chi connectivity index (χ4n) is 3.17. The summed E-state index contributed by atoms with van der Waals surface area (Å²) in [6, 6.07) is 4.16. The molecule has 0 aliphatic heterocycles. The summed E-state index contributed by atoms with van der Waals surface area (Å²) in [7, 11) is -3.20. The third kappa shape index (κ3) is 9.75. The molecule has 1 aromatic carbocycles. The van der Waals surface area contributed by atoms with Gasteiger partial charge in [-0.2, -0.15) is 0 Å². The van der Waals surface area contributed by atoms with E-state index in [1.54, 1.807) is 0 Å². The van der Waals surface area contributed by atoms with Gasteiger partial charge in [0, 0.05) is 19.3 Å². The normalized spacial score (nSPS) is 13.1. The molecule has 0 unspecified atom stereocenters. The molecule has 0 heterocycles. The van der Waals surface area contributed by atoms with Crippen molar-refractivity contribution >= 4 is 15.8 Å². The van der Waals surface area contributed by atoms with E-state index < -0.39 is 15.7 Å². The molecular formula is C20H34FN3O2S. The molecule has 0 spiro atoms. The van der Waals surface area contributed by atoms with E-state index in [2.05, 4.69) is 43.3 Å². The van der Waals surface area contributed by atoms with Gasteiger partial charge in [-0.1, -0.05) is 33.8 Å². The first-order valence-electron chi connectivity index (χ1n) is 9.39. The van der Waals surface area contributed by atoms with E-state index in [4.69, 9.17) is 0 Å². The van der Waals surface area contributed by atoms with Crippen molar-refractivity contribution in [2.24, 2.45) is 16.3 Å². The molecule has 7 heteroatoms. The first-order chi connectivity index (χ1) is 12.4. The first kappa shape index (κ1) is 23.4. The summed E-state index contributed by atoms with van der Waals surface area (Å²) in [6.07, 6.45) is 2.26. The Morgan fingerprint density at radius 1 is 1.22 bits per heavy atom. The van der Waals surface area contributed by atoms with Crippen molar-refractivity contribution in [1.29, 1.82) is 0 Å². The van der Waals surface area contributed by atoms with Gasteiger partial charge in [0.15, 0.2) is 15.8 Å². The molecule has 0 aromatic heterocycles. The van der Waals surface area contributed by atoms with Crippen LogP contribution in [0.1, 0.15) is 52.2 Å². The Bertz CT molecular complexity index is 744. The van der Waals surface area contributed by atoms with Crippen LogP contribution in [0.5, 0.6) is 0 Å². The maximum absolute atomic E-state index is 13.6. The van der Waals surface area contributed by atoms with Crippen LogP contribution < -0.4 is 10.6 Å². The lowest BCUT2D eigenvalue weighted by molar-refractivity contribution is 0.286. The van der Waals surface area contributed by atoms with Gasteiger partial charge in [-0.25, -0.2) is 17.8 Å². The molecule has 1 rings (SSSR count). The minimum absolute atomic E-state index is 0.116. The molecule has 0 amide bonds. The molecule has 0 saturated carbocycles. The number of hydrogen-bond donors (Lipinski definition) is 2. The summed E-state index contributed by atoms with van der Waals surface area (Å²) in [4.78, 5) is 4.53. The van der Waals surface area contributed by atoms with E-state index >= 15 is 0 Å². The van der Waals surface area contributed by atoms with Gasteiger partial charge in [0.2, 0.25) is 0 Å². The van der Waals surface area contributed by atoms with E-state index in [0.717, 1.165) is 13.0 Å². The Hall–Kier alpha value is -1.63. The summed E-state index contributed by atoms with van der Waals surface area (Å²) in [5.74, 6) is 0.730. The maximum atomic E-state index is 13.6. The number of rotatable bonds is 9. The molecule has 0 bridgehead atoms. The zero-order chi connectivity index (χ0) is 20.7. The van der Waals surface area contributed by atoms with E-state index in [1.807, 2.05) is 6.92 Å². The topological polar surface area (TPSA) is 70.6 Å². The second-order valence-electron chi connectivity index (χ2n) is 8.29. The summed E-state index contributed by atoms with van der Waals surface area (Å²) in [6.45, 7) is 12.5. The van der Waals surface area contributed by atoms with E-state index in [1.165, 1.54) is 24.5 Å². The van der Waals surface area contributed by atoms with Gasteiger partial charge in [-0.15, -0.1) is 0 Å². The van der Waals surface area contributed by atoms with Crippen molar-refractivity contribution in [3.05, 3.63) is 35.1 Å². The van der Waals surface area contributed by atoms with Crippen molar-refractivity contribution in [3.63, 3.8) is 0 Å². The largest absolute Gasteiger partial charge is 0.357 e. The van der Waals surface area contributed by atoms with Crippen molar-refractivity contribution in [2.75, 3.05) is 19.3 Å². The summed E-state index contributed by atoms with van der Waals surface area (Å²) < 4.78 is 36.9. The minimum atomic E-state index is -3.20.